The highest BCUT2D eigenvalue weighted by molar-refractivity contribution is 7.16. The highest BCUT2D eigenvalue weighted by Crippen LogP contribution is 2.28. The fourth-order valence-corrected chi connectivity index (χ4v) is 2.36. The zero-order valence-corrected chi connectivity index (χ0v) is 8.72. The smallest absolute Gasteiger partial charge is 0.0931 e. The quantitative estimate of drug-likeness (QED) is 0.625. The van der Waals surface area contributed by atoms with Crippen LogP contribution in [-0.4, -0.2) is 0 Å². The molecule has 0 aliphatic rings. The van der Waals surface area contributed by atoms with Crippen LogP contribution in [0.5, 0.6) is 0 Å². The third-order valence-electron chi connectivity index (χ3n) is 1.33. The van der Waals surface area contributed by atoms with Crippen LogP contribution in [0.4, 0.5) is 0 Å². The van der Waals surface area contributed by atoms with Crippen LogP contribution >= 0.6 is 22.9 Å². The average molecular weight is 189 g/mol. The molecule has 0 nitrogen and oxygen atoms in total. The molecular weight excluding hydrogens is 176 g/mol. The van der Waals surface area contributed by atoms with Crippen LogP contribution < -0.4 is 0 Å². The van der Waals surface area contributed by atoms with Crippen LogP contribution in [0, 0.1) is 5.41 Å². The molecule has 1 rings (SSSR count). The van der Waals surface area contributed by atoms with Crippen LogP contribution in [0.1, 0.15) is 25.6 Å². The van der Waals surface area contributed by atoms with Gasteiger partial charge in [-0.2, -0.15) is 0 Å². The second-order valence-electron chi connectivity index (χ2n) is 3.94. The maximum Gasteiger partial charge on any atom is 0.0931 e. The number of halogens is 1. The fraction of sp³-hybridized carbons (Fsp3) is 0.556. The first-order valence-electron chi connectivity index (χ1n) is 3.72. The minimum atomic E-state index is 0.369. The summed E-state index contributed by atoms with van der Waals surface area (Å²) in [6.45, 7) is 6.71. The van der Waals surface area contributed by atoms with E-state index in [1.807, 2.05) is 6.07 Å². The molecule has 0 aliphatic heterocycles. The molecule has 1 aromatic heterocycles. The van der Waals surface area contributed by atoms with Gasteiger partial charge in [-0.1, -0.05) is 32.4 Å². The van der Waals surface area contributed by atoms with Crippen molar-refractivity contribution in [3.63, 3.8) is 0 Å². The number of rotatable bonds is 1. The largest absolute Gasteiger partial charge is 0.128 e. The van der Waals surface area contributed by atoms with Gasteiger partial charge in [-0.15, -0.1) is 11.3 Å². The molecule has 0 bridgehead atoms. The summed E-state index contributed by atoms with van der Waals surface area (Å²) in [4.78, 5) is 1.38. The van der Waals surface area contributed by atoms with Gasteiger partial charge in [0.15, 0.2) is 0 Å². The normalized spacial score (nSPS) is 12.0. The van der Waals surface area contributed by atoms with Crippen molar-refractivity contribution in [1.29, 1.82) is 0 Å². The predicted molar refractivity (Wildman–Crippen MR) is 52.5 cm³/mol. The van der Waals surface area contributed by atoms with Crippen LogP contribution in [-0.2, 0) is 6.42 Å². The zero-order chi connectivity index (χ0) is 8.48. The van der Waals surface area contributed by atoms with E-state index >= 15 is 0 Å². The standard InChI is InChI=1S/C9H13ClS/c1-9(2,3)6-7-4-5-8(10)11-7/h4-5H,6H2,1-3H3. The first kappa shape index (κ1) is 9.08. The molecular formula is C9H13ClS. The second-order valence-corrected chi connectivity index (χ2v) is 5.74. The molecule has 0 amide bonds. The summed E-state index contributed by atoms with van der Waals surface area (Å²) in [7, 11) is 0. The Hall–Kier alpha value is -0.0100. The third kappa shape index (κ3) is 3.26. The van der Waals surface area contributed by atoms with E-state index in [1.165, 1.54) is 4.88 Å². The molecule has 62 valence electrons. The van der Waals surface area contributed by atoms with Gasteiger partial charge in [-0.25, -0.2) is 0 Å². The topological polar surface area (TPSA) is 0 Å². The fourth-order valence-electron chi connectivity index (χ4n) is 0.969. The maximum atomic E-state index is 5.81. The van der Waals surface area contributed by atoms with Crippen LogP contribution in [0.3, 0.4) is 0 Å². The minimum Gasteiger partial charge on any atom is -0.128 e. The molecule has 2 heteroatoms. The Labute approximate surface area is 77.2 Å². The van der Waals surface area contributed by atoms with Gasteiger partial charge in [0.2, 0.25) is 0 Å². The molecule has 1 aromatic rings. The molecule has 0 saturated carbocycles. The first-order chi connectivity index (χ1) is 4.97. The number of hydrogen-bond acceptors (Lipinski definition) is 1. The predicted octanol–water partition coefficient (Wildman–Crippen LogP) is 3.99. The lowest BCUT2D eigenvalue weighted by Crippen LogP contribution is -2.07. The molecule has 0 spiro atoms. The van der Waals surface area contributed by atoms with Gasteiger partial charge in [0.1, 0.15) is 0 Å². The lowest BCUT2D eigenvalue weighted by atomic mass is 9.92. The van der Waals surface area contributed by atoms with Crippen molar-refractivity contribution in [1.82, 2.24) is 0 Å². The Balaban J connectivity index is 2.65. The molecule has 0 radical (unpaired) electrons. The Morgan fingerprint density at radius 3 is 2.36 bits per heavy atom. The highest BCUT2D eigenvalue weighted by atomic mass is 35.5. The van der Waals surface area contributed by atoms with E-state index in [1.54, 1.807) is 11.3 Å². The lowest BCUT2D eigenvalue weighted by Gasteiger charge is -2.16. The van der Waals surface area contributed by atoms with Crippen LogP contribution in [0.2, 0.25) is 4.34 Å². The summed E-state index contributed by atoms with van der Waals surface area (Å²) in [5.41, 5.74) is 0.369. The van der Waals surface area contributed by atoms with E-state index in [0.29, 0.717) is 5.41 Å². The summed E-state index contributed by atoms with van der Waals surface area (Å²) in [6, 6.07) is 4.07. The van der Waals surface area contributed by atoms with Crippen LogP contribution in [0.15, 0.2) is 12.1 Å². The van der Waals surface area contributed by atoms with Gasteiger partial charge in [0.05, 0.1) is 4.34 Å². The van der Waals surface area contributed by atoms with Gasteiger partial charge in [0.25, 0.3) is 0 Å². The molecule has 11 heavy (non-hydrogen) atoms. The highest BCUT2D eigenvalue weighted by Gasteiger charge is 2.12. The van der Waals surface area contributed by atoms with Gasteiger partial charge in [0, 0.05) is 4.88 Å². The molecule has 0 aromatic carbocycles. The van der Waals surface area contributed by atoms with Crippen molar-refractivity contribution in [2.45, 2.75) is 27.2 Å². The van der Waals surface area contributed by atoms with Gasteiger partial charge >= 0.3 is 0 Å². The summed E-state index contributed by atoms with van der Waals surface area (Å²) >= 11 is 7.49. The zero-order valence-electron chi connectivity index (χ0n) is 7.15. The van der Waals surface area contributed by atoms with Gasteiger partial charge < -0.3 is 0 Å². The maximum absolute atomic E-state index is 5.81. The molecule has 0 unspecified atom stereocenters. The Kier molecular flexibility index (Phi) is 2.61. The minimum absolute atomic E-state index is 0.369. The van der Waals surface area contributed by atoms with E-state index in [-0.39, 0.29) is 0 Å². The second kappa shape index (κ2) is 3.16. The molecule has 0 atom stereocenters. The van der Waals surface area contributed by atoms with Crippen molar-refractivity contribution in [2.24, 2.45) is 5.41 Å². The Bertz CT molecular complexity index is 232. The molecule has 0 fully saturated rings. The van der Waals surface area contributed by atoms with Crippen molar-refractivity contribution in [3.8, 4) is 0 Å². The summed E-state index contributed by atoms with van der Waals surface area (Å²) in [5.74, 6) is 0. The Morgan fingerprint density at radius 1 is 1.36 bits per heavy atom. The summed E-state index contributed by atoms with van der Waals surface area (Å²) < 4.78 is 0.893. The average Bonchev–Trinajstić information content (AvgIpc) is 2.10. The van der Waals surface area contributed by atoms with Gasteiger partial charge in [-0.3, -0.25) is 0 Å². The molecule has 0 N–H and O–H groups in total. The molecule has 1 heterocycles. The van der Waals surface area contributed by atoms with E-state index < -0.39 is 0 Å². The van der Waals surface area contributed by atoms with Gasteiger partial charge in [-0.05, 0) is 24.0 Å². The van der Waals surface area contributed by atoms with Crippen molar-refractivity contribution < 1.29 is 0 Å². The SMILES string of the molecule is CC(C)(C)Cc1ccc(Cl)s1. The van der Waals surface area contributed by atoms with E-state index in [9.17, 15) is 0 Å². The number of thiophene rings is 1. The van der Waals surface area contributed by atoms with E-state index in [4.69, 9.17) is 11.6 Å². The monoisotopic (exact) mass is 188 g/mol. The molecule has 0 saturated heterocycles. The van der Waals surface area contributed by atoms with E-state index in [0.717, 1.165) is 10.8 Å². The summed E-state index contributed by atoms with van der Waals surface area (Å²) in [5, 5.41) is 0. The summed E-state index contributed by atoms with van der Waals surface area (Å²) in [6.07, 6.45) is 1.12. The number of hydrogen-bond donors (Lipinski definition) is 0. The Morgan fingerprint density at radius 2 is 2.00 bits per heavy atom. The van der Waals surface area contributed by atoms with Crippen molar-refractivity contribution in [3.05, 3.63) is 21.3 Å². The first-order valence-corrected chi connectivity index (χ1v) is 4.91. The lowest BCUT2D eigenvalue weighted by molar-refractivity contribution is 0.414. The molecule has 0 aliphatic carbocycles. The van der Waals surface area contributed by atoms with E-state index in [2.05, 4.69) is 26.8 Å². The van der Waals surface area contributed by atoms with Crippen molar-refractivity contribution in [2.75, 3.05) is 0 Å². The van der Waals surface area contributed by atoms with Crippen molar-refractivity contribution >= 4 is 22.9 Å². The van der Waals surface area contributed by atoms with Crippen LogP contribution in [0.25, 0.3) is 0 Å². The third-order valence-corrected chi connectivity index (χ3v) is 2.56.